The lowest BCUT2D eigenvalue weighted by Crippen LogP contribution is -2.24. The number of hydrogen-bond donors (Lipinski definition) is 1. The van der Waals surface area contributed by atoms with Crippen LogP contribution in [0.25, 0.3) is 11.3 Å². The predicted molar refractivity (Wildman–Crippen MR) is 112 cm³/mol. The number of nitrogens with one attached hydrogen (secondary N) is 1. The Hall–Kier alpha value is -3.41. The third kappa shape index (κ3) is 5.78. The van der Waals surface area contributed by atoms with Crippen LogP contribution in [0.4, 0.5) is 0 Å². The Bertz CT molecular complexity index is 942. The molecule has 0 saturated heterocycles. The summed E-state index contributed by atoms with van der Waals surface area (Å²) in [6.45, 7) is 2.81. The van der Waals surface area contributed by atoms with Crippen molar-refractivity contribution in [2.24, 2.45) is 0 Å². The number of aromatic nitrogens is 2. The molecule has 1 aromatic heterocycles. The second-order valence-electron chi connectivity index (χ2n) is 6.56. The number of methoxy groups -OCH3 is 1. The zero-order valence-corrected chi connectivity index (χ0v) is 16.7. The van der Waals surface area contributed by atoms with E-state index in [-0.39, 0.29) is 5.91 Å². The van der Waals surface area contributed by atoms with Crippen LogP contribution in [0, 0.1) is 0 Å². The summed E-state index contributed by atoms with van der Waals surface area (Å²) in [5, 5.41) is 2.93. The van der Waals surface area contributed by atoms with Crippen molar-refractivity contribution < 1.29 is 14.3 Å². The fraction of sp³-hybridized carbons (Fsp3) is 0.261. The van der Waals surface area contributed by atoms with Gasteiger partial charge < -0.3 is 14.8 Å². The highest BCUT2D eigenvalue weighted by Crippen LogP contribution is 2.25. The van der Waals surface area contributed by atoms with Crippen LogP contribution in [-0.2, 0) is 0 Å². The number of benzene rings is 2. The molecule has 6 heteroatoms. The highest BCUT2D eigenvalue weighted by molar-refractivity contribution is 5.94. The van der Waals surface area contributed by atoms with Crippen molar-refractivity contribution in [3.05, 3.63) is 66.5 Å². The first-order valence-electron chi connectivity index (χ1n) is 9.72. The van der Waals surface area contributed by atoms with Crippen LogP contribution in [-0.4, -0.2) is 29.5 Å². The quantitative estimate of drug-likeness (QED) is 0.527. The van der Waals surface area contributed by atoms with Crippen LogP contribution >= 0.6 is 0 Å². The lowest BCUT2D eigenvalue weighted by Gasteiger charge is -2.09. The molecule has 0 aliphatic heterocycles. The van der Waals surface area contributed by atoms with E-state index in [9.17, 15) is 4.79 Å². The lowest BCUT2D eigenvalue weighted by atomic mass is 10.1. The molecule has 1 heterocycles. The van der Waals surface area contributed by atoms with E-state index < -0.39 is 0 Å². The first-order valence-corrected chi connectivity index (χ1v) is 9.72. The first-order chi connectivity index (χ1) is 14.2. The molecular weight excluding hydrogens is 366 g/mol. The minimum Gasteiger partial charge on any atom is -0.497 e. The molecule has 1 amide bonds. The van der Waals surface area contributed by atoms with E-state index in [1.807, 2.05) is 24.3 Å². The molecule has 0 atom stereocenters. The van der Waals surface area contributed by atoms with E-state index >= 15 is 0 Å². The fourth-order valence-electron chi connectivity index (χ4n) is 2.82. The molecule has 0 radical (unpaired) electrons. The van der Waals surface area contributed by atoms with Crippen molar-refractivity contribution in [3.63, 3.8) is 0 Å². The van der Waals surface area contributed by atoms with Gasteiger partial charge in [0.15, 0.2) is 0 Å². The highest BCUT2D eigenvalue weighted by atomic mass is 16.5. The summed E-state index contributed by atoms with van der Waals surface area (Å²) in [5.74, 6) is 1.63. The Morgan fingerprint density at radius 3 is 2.59 bits per heavy atom. The Balaban J connectivity index is 1.69. The molecule has 150 valence electrons. The summed E-state index contributed by atoms with van der Waals surface area (Å²) in [6, 6.07) is 16.4. The van der Waals surface area contributed by atoms with Crippen molar-refractivity contribution in [1.82, 2.24) is 15.3 Å². The van der Waals surface area contributed by atoms with Crippen LogP contribution in [0.15, 0.2) is 60.9 Å². The average Bonchev–Trinajstić information content (AvgIpc) is 2.77. The molecule has 1 N–H and O–H groups in total. The summed E-state index contributed by atoms with van der Waals surface area (Å²) in [6.07, 6.45) is 4.66. The molecule has 0 aliphatic rings. The van der Waals surface area contributed by atoms with Gasteiger partial charge in [-0.05, 0) is 48.9 Å². The van der Waals surface area contributed by atoms with Gasteiger partial charge in [0.05, 0.1) is 12.8 Å². The maximum absolute atomic E-state index is 12.3. The van der Waals surface area contributed by atoms with Crippen LogP contribution in [0.3, 0.4) is 0 Å². The van der Waals surface area contributed by atoms with Crippen LogP contribution < -0.4 is 14.8 Å². The largest absolute Gasteiger partial charge is 0.497 e. The molecule has 0 bridgehead atoms. The number of ether oxygens (including phenoxy) is 2. The van der Waals surface area contributed by atoms with Crippen molar-refractivity contribution in [3.8, 4) is 28.6 Å². The first kappa shape index (κ1) is 20.3. The molecule has 0 spiro atoms. The van der Waals surface area contributed by atoms with E-state index in [2.05, 4.69) is 22.2 Å². The molecule has 6 nitrogen and oxygen atoms in total. The Labute approximate surface area is 170 Å². The number of hydrogen-bond acceptors (Lipinski definition) is 5. The molecule has 0 saturated carbocycles. The molecule has 3 aromatic rings. The van der Waals surface area contributed by atoms with E-state index in [0.29, 0.717) is 23.7 Å². The number of rotatable bonds is 9. The Kier molecular flexibility index (Phi) is 7.16. The number of nitrogens with zero attached hydrogens (tertiary/aromatic N) is 2. The number of carbonyl (C=O) groups excluding carboxylic acids is 1. The minimum absolute atomic E-state index is 0.104. The summed E-state index contributed by atoms with van der Waals surface area (Å²) in [7, 11) is 1.63. The Morgan fingerprint density at radius 2 is 1.83 bits per heavy atom. The zero-order chi connectivity index (χ0) is 20.5. The maximum atomic E-state index is 12.3. The topological polar surface area (TPSA) is 73.3 Å². The van der Waals surface area contributed by atoms with Crippen molar-refractivity contribution in [1.29, 1.82) is 0 Å². The van der Waals surface area contributed by atoms with E-state index in [1.165, 1.54) is 6.33 Å². The van der Waals surface area contributed by atoms with Crippen molar-refractivity contribution in [2.75, 3.05) is 13.7 Å². The molecule has 0 aliphatic carbocycles. The van der Waals surface area contributed by atoms with Gasteiger partial charge in [0, 0.05) is 23.7 Å². The van der Waals surface area contributed by atoms with Gasteiger partial charge in [-0.2, -0.15) is 0 Å². The molecule has 3 rings (SSSR count). The maximum Gasteiger partial charge on any atom is 0.251 e. The second-order valence-corrected chi connectivity index (χ2v) is 6.56. The van der Waals surface area contributed by atoms with Crippen LogP contribution in [0.2, 0.25) is 0 Å². The van der Waals surface area contributed by atoms with Crippen molar-refractivity contribution >= 4 is 5.91 Å². The summed E-state index contributed by atoms with van der Waals surface area (Å²) >= 11 is 0. The second kappa shape index (κ2) is 10.2. The molecule has 2 aromatic carbocycles. The van der Waals surface area contributed by atoms with Gasteiger partial charge in [0.25, 0.3) is 5.91 Å². The summed E-state index contributed by atoms with van der Waals surface area (Å²) < 4.78 is 11.0. The van der Waals surface area contributed by atoms with Gasteiger partial charge in [0.2, 0.25) is 5.88 Å². The van der Waals surface area contributed by atoms with Gasteiger partial charge in [-0.1, -0.05) is 25.8 Å². The van der Waals surface area contributed by atoms with E-state index in [0.717, 1.165) is 36.3 Å². The SMILES string of the molecule is CCCCCNC(=O)c1cccc(Oc2cc(-c3ccc(OC)cc3)ncn2)c1. The fourth-order valence-corrected chi connectivity index (χ4v) is 2.82. The summed E-state index contributed by atoms with van der Waals surface area (Å²) in [5.41, 5.74) is 2.23. The minimum atomic E-state index is -0.104. The third-order valence-electron chi connectivity index (χ3n) is 4.41. The zero-order valence-electron chi connectivity index (χ0n) is 16.7. The van der Waals surface area contributed by atoms with E-state index in [4.69, 9.17) is 9.47 Å². The van der Waals surface area contributed by atoms with Crippen LogP contribution in [0.5, 0.6) is 17.4 Å². The number of carbonyl (C=O) groups is 1. The van der Waals surface area contributed by atoms with Gasteiger partial charge in [-0.3, -0.25) is 4.79 Å². The monoisotopic (exact) mass is 391 g/mol. The normalized spacial score (nSPS) is 10.4. The third-order valence-corrected chi connectivity index (χ3v) is 4.41. The predicted octanol–water partition coefficient (Wildman–Crippen LogP) is 4.86. The van der Waals surface area contributed by atoms with Gasteiger partial charge >= 0.3 is 0 Å². The smallest absolute Gasteiger partial charge is 0.251 e. The van der Waals surface area contributed by atoms with Gasteiger partial charge in [-0.15, -0.1) is 0 Å². The number of unbranched alkanes of at least 4 members (excludes halogenated alkanes) is 2. The van der Waals surface area contributed by atoms with E-state index in [1.54, 1.807) is 37.4 Å². The van der Waals surface area contributed by atoms with Crippen LogP contribution in [0.1, 0.15) is 36.5 Å². The molecule has 29 heavy (non-hydrogen) atoms. The summed E-state index contributed by atoms with van der Waals surface area (Å²) in [4.78, 5) is 20.8. The highest BCUT2D eigenvalue weighted by Gasteiger charge is 2.08. The average molecular weight is 391 g/mol. The van der Waals surface area contributed by atoms with Gasteiger partial charge in [0.1, 0.15) is 17.8 Å². The van der Waals surface area contributed by atoms with Gasteiger partial charge in [-0.25, -0.2) is 9.97 Å². The molecule has 0 fully saturated rings. The molecular formula is C23H25N3O3. The van der Waals surface area contributed by atoms with Crippen molar-refractivity contribution in [2.45, 2.75) is 26.2 Å². The Morgan fingerprint density at radius 1 is 1.00 bits per heavy atom. The standard InChI is InChI=1S/C23H25N3O3/c1-3-4-5-13-24-23(27)18-7-6-8-20(14-18)29-22-15-21(25-16-26-22)17-9-11-19(28-2)12-10-17/h6-12,14-16H,3-5,13H2,1-2H3,(H,24,27). The lowest BCUT2D eigenvalue weighted by molar-refractivity contribution is 0.0952. The molecule has 0 unspecified atom stereocenters. The number of amides is 1.